The number of carbonyl (C=O) groups excluding carboxylic acids is 1. The summed E-state index contributed by atoms with van der Waals surface area (Å²) in [5.74, 6) is 0.522. The number of carbonyl (C=O) groups is 1. The summed E-state index contributed by atoms with van der Waals surface area (Å²) >= 11 is 1.74. The Hall–Kier alpha value is -1.77. The highest BCUT2D eigenvalue weighted by Gasteiger charge is 2.17. The number of nitrogens with one attached hydrogen (secondary N) is 1. The van der Waals surface area contributed by atoms with Gasteiger partial charge >= 0.3 is 14.7 Å². The van der Waals surface area contributed by atoms with Gasteiger partial charge in [-0.25, -0.2) is 4.79 Å². The summed E-state index contributed by atoms with van der Waals surface area (Å²) in [7, 11) is -0.634. The molecule has 1 aromatic heterocycles. The number of aromatic nitrogens is 1. The molecule has 0 spiro atoms. The predicted octanol–water partition coefficient (Wildman–Crippen LogP) is 8.54. The van der Waals surface area contributed by atoms with Gasteiger partial charge in [0.05, 0.1) is 11.5 Å². The molecule has 8 nitrogen and oxygen atoms in total. The van der Waals surface area contributed by atoms with E-state index in [1.165, 1.54) is 94.7 Å². The molecule has 0 bridgehead atoms. The van der Waals surface area contributed by atoms with E-state index in [9.17, 15) is 9.69 Å². The Kier molecular flexibility index (Phi) is 20.5. The number of nitrogens with zero attached hydrogens (tertiary/aromatic N) is 1. The maximum atomic E-state index is 12.0. The van der Waals surface area contributed by atoms with Crippen LogP contribution in [0.4, 0.5) is 4.79 Å². The van der Waals surface area contributed by atoms with Crippen LogP contribution in [-0.4, -0.2) is 44.0 Å². The van der Waals surface area contributed by atoms with E-state index in [1.54, 1.807) is 11.3 Å². The smallest absolute Gasteiger partial charge is 0.407 e. The number of amides is 1. The van der Waals surface area contributed by atoms with Crippen molar-refractivity contribution >= 4 is 26.0 Å². The molecule has 0 radical (unpaired) electrons. The van der Waals surface area contributed by atoms with Gasteiger partial charge in [-0.15, -0.1) is 0 Å². The lowest BCUT2D eigenvalue weighted by Gasteiger charge is -2.18. The number of methoxy groups -OCH3 is 1. The van der Waals surface area contributed by atoms with Gasteiger partial charge in [0.2, 0.25) is 5.51 Å². The summed E-state index contributed by atoms with van der Waals surface area (Å²) in [6, 6.07) is 7.58. The summed E-state index contributed by atoms with van der Waals surface area (Å²) in [5, 5.41) is 2.80. The largest absolute Gasteiger partial charge is 0.447 e. The van der Waals surface area contributed by atoms with Crippen molar-refractivity contribution in [2.24, 2.45) is 0 Å². The van der Waals surface area contributed by atoms with E-state index < -0.39 is 20.8 Å². The summed E-state index contributed by atoms with van der Waals surface area (Å²) < 4.78 is 23.8. The standard InChI is InChI=1S/C33H55N2O6PS/c1-5-6-7-8-9-10-11-12-13-14-15-16-17-18-23-34-33(36)39-25-32(38-4)26-40-42(37)41-31-21-19-30(20-22-31)24-35-27-43-29(3)28(35)2/h19-22,27,32,37H,5-18,23-26H2,1-4H3/p+1. The number of hydrogen-bond donors (Lipinski definition) is 2. The predicted molar refractivity (Wildman–Crippen MR) is 176 cm³/mol. The first-order valence-electron chi connectivity index (χ1n) is 16.2. The van der Waals surface area contributed by atoms with E-state index in [4.69, 9.17) is 18.5 Å². The molecular formula is C33H56N2O6PS+. The Morgan fingerprint density at radius 3 is 2.02 bits per heavy atom. The summed E-state index contributed by atoms with van der Waals surface area (Å²) in [6.07, 6.45) is 17.3. The Morgan fingerprint density at radius 1 is 0.907 bits per heavy atom. The van der Waals surface area contributed by atoms with Crippen LogP contribution in [0.5, 0.6) is 5.75 Å². The molecule has 244 valence electrons. The number of thiazole rings is 1. The highest BCUT2D eigenvalue weighted by atomic mass is 32.1. The minimum Gasteiger partial charge on any atom is -0.447 e. The first kappa shape index (κ1) is 37.4. The second-order valence-electron chi connectivity index (χ2n) is 11.2. The molecule has 1 heterocycles. The molecule has 1 aromatic carbocycles. The summed E-state index contributed by atoms with van der Waals surface area (Å²) in [4.78, 5) is 23.6. The lowest BCUT2D eigenvalue weighted by atomic mass is 10.0. The van der Waals surface area contributed by atoms with Crippen LogP contribution in [0.25, 0.3) is 0 Å². The van der Waals surface area contributed by atoms with Crippen LogP contribution < -0.4 is 14.4 Å². The molecular weight excluding hydrogens is 583 g/mol. The minimum atomic E-state index is -2.15. The topological polar surface area (TPSA) is 90.1 Å². The van der Waals surface area contributed by atoms with Crippen molar-refractivity contribution in [2.75, 3.05) is 26.9 Å². The van der Waals surface area contributed by atoms with Crippen LogP contribution in [0, 0.1) is 13.8 Å². The highest BCUT2D eigenvalue weighted by molar-refractivity contribution is 7.41. The van der Waals surface area contributed by atoms with Gasteiger partial charge in [0.25, 0.3) is 0 Å². The van der Waals surface area contributed by atoms with Crippen molar-refractivity contribution in [3.05, 3.63) is 45.9 Å². The van der Waals surface area contributed by atoms with Crippen molar-refractivity contribution in [1.82, 2.24) is 5.32 Å². The fraction of sp³-hybridized carbons (Fsp3) is 0.697. The monoisotopic (exact) mass is 639 g/mol. The van der Waals surface area contributed by atoms with Gasteiger partial charge in [-0.3, -0.25) is 4.52 Å². The summed E-state index contributed by atoms with van der Waals surface area (Å²) in [5.41, 5.74) is 4.52. The summed E-state index contributed by atoms with van der Waals surface area (Å²) in [6.45, 7) is 7.95. The van der Waals surface area contributed by atoms with Gasteiger partial charge in [0.1, 0.15) is 18.5 Å². The molecule has 2 rings (SSSR count). The van der Waals surface area contributed by atoms with E-state index >= 15 is 0 Å². The molecule has 1 amide bonds. The third kappa shape index (κ3) is 17.3. The Morgan fingerprint density at radius 2 is 1.49 bits per heavy atom. The van der Waals surface area contributed by atoms with E-state index in [-0.39, 0.29) is 13.2 Å². The van der Waals surface area contributed by atoms with Crippen molar-refractivity contribution in [3.8, 4) is 5.75 Å². The first-order valence-corrected chi connectivity index (χ1v) is 18.2. The average molecular weight is 640 g/mol. The minimum absolute atomic E-state index is 0.0259. The molecule has 2 atom stereocenters. The van der Waals surface area contributed by atoms with Crippen LogP contribution in [-0.2, 0) is 20.5 Å². The van der Waals surface area contributed by atoms with Crippen LogP contribution in [0.3, 0.4) is 0 Å². The SMILES string of the molecule is CCCCCCCCCCCCCCCCNC(=O)OCC(COP(O)Oc1ccc(C[n+]2csc(C)c2C)cc1)OC. The molecule has 2 N–H and O–H groups in total. The van der Waals surface area contributed by atoms with Gasteiger partial charge < -0.3 is 24.2 Å². The molecule has 2 unspecified atom stereocenters. The second-order valence-corrected chi connectivity index (χ2v) is 13.2. The van der Waals surface area contributed by atoms with E-state index in [1.807, 2.05) is 24.3 Å². The Balaban J connectivity index is 1.46. The fourth-order valence-electron chi connectivity index (χ4n) is 4.69. The molecule has 0 saturated carbocycles. The lowest BCUT2D eigenvalue weighted by molar-refractivity contribution is -0.689. The number of benzene rings is 1. The first-order chi connectivity index (χ1) is 20.9. The van der Waals surface area contributed by atoms with Crippen molar-refractivity contribution in [3.63, 3.8) is 0 Å². The lowest BCUT2D eigenvalue weighted by Crippen LogP contribution is -2.34. The van der Waals surface area contributed by atoms with E-state index in [2.05, 4.69) is 36.2 Å². The van der Waals surface area contributed by atoms with Gasteiger partial charge in [-0.1, -0.05) is 102 Å². The van der Waals surface area contributed by atoms with Gasteiger partial charge in [-0.2, -0.15) is 4.57 Å². The molecule has 0 fully saturated rings. The molecule has 43 heavy (non-hydrogen) atoms. The van der Waals surface area contributed by atoms with Crippen molar-refractivity contribution in [1.29, 1.82) is 0 Å². The highest BCUT2D eigenvalue weighted by Crippen LogP contribution is 2.35. The van der Waals surface area contributed by atoms with Gasteiger partial charge in [0.15, 0.2) is 12.2 Å². The van der Waals surface area contributed by atoms with Crippen molar-refractivity contribution < 1.29 is 32.8 Å². The average Bonchev–Trinajstić information content (AvgIpc) is 3.32. The molecule has 0 saturated heterocycles. The number of rotatable bonds is 25. The quantitative estimate of drug-likeness (QED) is 0.0643. The van der Waals surface area contributed by atoms with Crippen molar-refractivity contribution in [2.45, 2.75) is 123 Å². The van der Waals surface area contributed by atoms with E-state index in [0.717, 1.165) is 24.9 Å². The van der Waals surface area contributed by atoms with Gasteiger partial charge in [0, 0.05) is 26.1 Å². The van der Waals surface area contributed by atoms with Gasteiger partial charge in [-0.05, 0) is 37.6 Å². The van der Waals surface area contributed by atoms with Crippen LogP contribution in [0.1, 0.15) is 113 Å². The fourth-order valence-corrected chi connectivity index (χ4v) is 6.15. The van der Waals surface area contributed by atoms with Crippen LogP contribution >= 0.6 is 19.9 Å². The number of ether oxygens (including phenoxy) is 2. The maximum absolute atomic E-state index is 12.0. The Bertz CT molecular complexity index is 990. The number of aryl methyl sites for hydroxylation is 1. The third-order valence-corrected chi connectivity index (χ3v) is 9.41. The molecule has 0 aliphatic rings. The molecule has 10 heteroatoms. The maximum Gasteiger partial charge on any atom is 0.407 e. The van der Waals surface area contributed by atoms with E-state index in [0.29, 0.717) is 12.3 Å². The second kappa shape index (κ2) is 23.6. The molecule has 0 aliphatic heterocycles. The molecule has 2 aromatic rings. The number of alkyl carbamates (subject to hydrolysis) is 1. The zero-order chi connectivity index (χ0) is 31.1. The number of unbranched alkanes of at least 4 members (excludes halogenated alkanes) is 13. The number of hydrogen-bond acceptors (Lipinski definition) is 7. The van der Waals surface area contributed by atoms with Crippen LogP contribution in [0.15, 0.2) is 29.8 Å². The molecule has 0 aliphatic carbocycles. The normalized spacial score (nSPS) is 12.7. The third-order valence-electron chi connectivity index (χ3n) is 7.66. The Labute approximate surface area is 265 Å². The zero-order valence-electron chi connectivity index (χ0n) is 27.0. The van der Waals surface area contributed by atoms with Crippen LogP contribution in [0.2, 0.25) is 0 Å². The zero-order valence-corrected chi connectivity index (χ0v) is 28.7.